The molecule has 0 radical (unpaired) electrons. The first-order valence-corrected chi connectivity index (χ1v) is 8.33. The number of anilines is 1. The van der Waals surface area contributed by atoms with Crippen LogP contribution in [0.25, 0.3) is 11.1 Å². The fourth-order valence-electron chi connectivity index (χ4n) is 2.86. The molecule has 2 heterocycles. The van der Waals surface area contributed by atoms with Crippen molar-refractivity contribution >= 4 is 35.1 Å². The summed E-state index contributed by atoms with van der Waals surface area (Å²) in [7, 11) is 0. The van der Waals surface area contributed by atoms with E-state index in [4.69, 9.17) is 9.15 Å². The van der Waals surface area contributed by atoms with Crippen molar-refractivity contribution in [1.82, 2.24) is 10.3 Å². The number of amides is 1. The maximum absolute atomic E-state index is 12.3. The van der Waals surface area contributed by atoms with Crippen LogP contribution in [-0.2, 0) is 16.0 Å². The van der Waals surface area contributed by atoms with Crippen LogP contribution in [0.4, 0.5) is 5.69 Å². The van der Waals surface area contributed by atoms with E-state index < -0.39 is 0 Å². The van der Waals surface area contributed by atoms with Gasteiger partial charge in [0, 0.05) is 24.7 Å². The number of nitrogens with one attached hydrogen (secondary N) is 2. The molecule has 3 aromatic rings. The third-order valence-electron chi connectivity index (χ3n) is 4.14. The van der Waals surface area contributed by atoms with Crippen molar-refractivity contribution in [3.8, 4) is 0 Å². The highest BCUT2D eigenvalue weighted by Gasteiger charge is 2.21. The van der Waals surface area contributed by atoms with Gasteiger partial charge in [-0.25, -0.2) is 4.98 Å². The number of oxazole rings is 1. The number of hydrogen-bond donors (Lipinski definition) is 2. The van der Waals surface area contributed by atoms with Crippen LogP contribution < -0.4 is 10.6 Å². The van der Waals surface area contributed by atoms with E-state index in [-0.39, 0.29) is 24.4 Å². The Labute approximate surface area is 157 Å². The second kappa shape index (κ2) is 8.31. The molecule has 6 nitrogen and oxygen atoms in total. The number of carbonyl (C=O) groups excluding carboxylic acids is 1. The summed E-state index contributed by atoms with van der Waals surface area (Å²) in [5.41, 5.74) is 3.28. The van der Waals surface area contributed by atoms with E-state index >= 15 is 0 Å². The first-order chi connectivity index (χ1) is 12.3. The van der Waals surface area contributed by atoms with Crippen LogP contribution in [0.1, 0.15) is 11.5 Å². The largest absolute Gasteiger partial charge is 0.440 e. The highest BCUT2D eigenvalue weighted by atomic mass is 35.5. The van der Waals surface area contributed by atoms with Crippen molar-refractivity contribution < 1.29 is 13.9 Å². The molecule has 136 valence electrons. The molecule has 0 spiro atoms. The van der Waals surface area contributed by atoms with Crippen molar-refractivity contribution in [2.24, 2.45) is 0 Å². The van der Waals surface area contributed by atoms with Crippen molar-refractivity contribution in [1.29, 1.82) is 0 Å². The lowest BCUT2D eigenvalue weighted by atomic mass is 10.1. The van der Waals surface area contributed by atoms with E-state index in [1.54, 1.807) is 6.07 Å². The van der Waals surface area contributed by atoms with E-state index in [1.807, 2.05) is 42.5 Å². The van der Waals surface area contributed by atoms with Crippen molar-refractivity contribution in [2.45, 2.75) is 12.5 Å². The second-order valence-electron chi connectivity index (χ2n) is 6.02. The van der Waals surface area contributed by atoms with Crippen LogP contribution >= 0.6 is 12.4 Å². The molecule has 1 aliphatic heterocycles. The molecule has 4 rings (SSSR count). The first kappa shape index (κ1) is 18.4. The van der Waals surface area contributed by atoms with Crippen LogP contribution in [0.2, 0.25) is 0 Å². The summed E-state index contributed by atoms with van der Waals surface area (Å²) >= 11 is 0. The Morgan fingerprint density at radius 1 is 1.23 bits per heavy atom. The molecule has 0 saturated carbocycles. The maximum Gasteiger partial charge on any atom is 0.243 e. The van der Waals surface area contributed by atoms with Gasteiger partial charge in [0.2, 0.25) is 5.91 Å². The minimum atomic E-state index is -0.326. The highest BCUT2D eigenvalue weighted by Crippen LogP contribution is 2.22. The molecule has 26 heavy (non-hydrogen) atoms. The number of hydrogen-bond acceptors (Lipinski definition) is 5. The monoisotopic (exact) mass is 373 g/mol. The van der Waals surface area contributed by atoms with Gasteiger partial charge in [0.1, 0.15) is 11.6 Å². The smallest absolute Gasteiger partial charge is 0.243 e. The van der Waals surface area contributed by atoms with Crippen molar-refractivity contribution in [3.05, 3.63) is 60.0 Å². The predicted octanol–water partition coefficient (Wildman–Crippen LogP) is 2.77. The number of halogens is 1. The molecule has 1 fully saturated rings. The van der Waals surface area contributed by atoms with Crippen LogP contribution in [0.5, 0.6) is 0 Å². The molecule has 0 bridgehead atoms. The summed E-state index contributed by atoms with van der Waals surface area (Å²) in [5.74, 6) is 0.551. The average Bonchev–Trinajstić information content (AvgIpc) is 3.04. The number of carbonyl (C=O) groups is 1. The molecule has 2 N–H and O–H groups in total. The molecular weight excluding hydrogens is 354 g/mol. The number of benzene rings is 2. The Morgan fingerprint density at radius 3 is 2.85 bits per heavy atom. The molecule has 2 aromatic carbocycles. The fraction of sp³-hybridized carbons (Fsp3) is 0.263. The van der Waals surface area contributed by atoms with Crippen LogP contribution in [0, 0.1) is 0 Å². The normalized spacial score (nSPS) is 16.8. The molecule has 1 amide bonds. The van der Waals surface area contributed by atoms with Gasteiger partial charge in [-0.2, -0.15) is 0 Å². The fourth-order valence-corrected chi connectivity index (χ4v) is 2.86. The molecule has 1 unspecified atom stereocenters. The number of ether oxygens (including phenoxy) is 1. The quantitative estimate of drug-likeness (QED) is 0.735. The van der Waals surface area contributed by atoms with Crippen LogP contribution in [-0.4, -0.2) is 36.7 Å². The molecule has 1 aromatic heterocycles. The SMILES string of the molecule is Cl.O=C(Nc1ccc2nc(Cc3ccccc3)oc2c1)C1COCCN1. The summed E-state index contributed by atoms with van der Waals surface area (Å²) in [5, 5.41) is 6.03. The van der Waals surface area contributed by atoms with Gasteiger partial charge in [-0.3, -0.25) is 4.79 Å². The minimum Gasteiger partial charge on any atom is -0.440 e. The Balaban J connectivity index is 0.00000196. The van der Waals surface area contributed by atoms with Crippen molar-refractivity contribution in [3.63, 3.8) is 0 Å². The van der Waals surface area contributed by atoms with Gasteiger partial charge in [0.15, 0.2) is 11.5 Å². The molecular formula is C19H20ClN3O3. The number of fused-ring (bicyclic) bond motifs is 1. The average molecular weight is 374 g/mol. The van der Waals surface area contributed by atoms with Crippen molar-refractivity contribution in [2.75, 3.05) is 25.1 Å². The number of aromatic nitrogens is 1. The molecule has 1 saturated heterocycles. The van der Waals surface area contributed by atoms with Gasteiger partial charge in [-0.1, -0.05) is 30.3 Å². The predicted molar refractivity (Wildman–Crippen MR) is 102 cm³/mol. The van der Waals surface area contributed by atoms with Crippen LogP contribution in [0.3, 0.4) is 0 Å². The van der Waals surface area contributed by atoms with Gasteiger partial charge in [0.25, 0.3) is 0 Å². The zero-order valence-corrected chi connectivity index (χ0v) is 14.9. The minimum absolute atomic E-state index is 0. The molecule has 7 heteroatoms. The summed E-state index contributed by atoms with van der Waals surface area (Å²) < 4.78 is 11.2. The zero-order valence-electron chi connectivity index (χ0n) is 14.1. The van der Waals surface area contributed by atoms with E-state index in [1.165, 1.54) is 0 Å². The molecule has 1 atom stereocenters. The third-order valence-corrected chi connectivity index (χ3v) is 4.14. The summed E-state index contributed by atoms with van der Waals surface area (Å²) in [4.78, 5) is 16.8. The Hall–Kier alpha value is -2.41. The number of morpholine rings is 1. The lowest BCUT2D eigenvalue weighted by molar-refractivity contribution is -0.120. The van der Waals surface area contributed by atoms with Gasteiger partial charge in [0.05, 0.1) is 13.2 Å². The standard InChI is InChI=1S/C19H19N3O3.ClH/c23-19(16-12-24-9-8-20-16)21-14-6-7-15-17(11-14)25-18(22-15)10-13-4-2-1-3-5-13;/h1-7,11,16,20H,8-10,12H2,(H,21,23);1H. The van der Waals surface area contributed by atoms with Gasteiger partial charge < -0.3 is 19.8 Å². The van der Waals surface area contributed by atoms with E-state index in [0.29, 0.717) is 43.3 Å². The first-order valence-electron chi connectivity index (χ1n) is 8.33. The van der Waals surface area contributed by atoms with Gasteiger partial charge >= 0.3 is 0 Å². The Bertz CT molecular complexity index is 876. The van der Waals surface area contributed by atoms with E-state index in [2.05, 4.69) is 15.6 Å². The molecule has 1 aliphatic rings. The van der Waals surface area contributed by atoms with Gasteiger partial charge in [-0.15, -0.1) is 12.4 Å². The lowest BCUT2D eigenvalue weighted by Gasteiger charge is -2.22. The Kier molecular flexibility index (Phi) is 5.88. The second-order valence-corrected chi connectivity index (χ2v) is 6.02. The van der Waals surface area contributed by atoms with Crippen LogP contribution in [0.15, 0.2) is 52.9 Å². The lowest BCUT2D eigenvalue weighted by Crippen LogP contribution is -2.48. The molecule has 0 aliphatic carbocycles. The Morgan fingerprint density at radius 2 is 2.08 bits per heavy atom. The highest BCUT2D eigenvalue weighted by molar-refractivity contribution is 5.96. The summed E-state index contributed by atoms with van der Waals surface area (Å²) in [6.45, 7) is 1.71. The topological polar surface area (TPSA) is 76.4 Å². The van der Waals surface area contributed by atoms with E-state index in [0.717, 1.165) is 11.1 Å². The summed E-state index contributed by atoms with van der Waals surface area (Å²) in [6, 6.07) is 15.2. The number of nitrogens with zero attached hydrogens (tertiary/aromatic N) is 1. The third kappa shape index (κ3) is 4.22. The zero-order chi connectivity index (χ0) is 17.1. The number of rotatable bonds is 4. The maximum atomic E-state index is 12.3. The van der Waals surface area contributed by atoms with Gasteiger partial charge in [-0.05, 0) is 17.7 Å². The van der Waals surface area contributed by atoms with E-state index in [9.17, 15) is 4.79 Å². The summed E-state index contributed by atoms with van der Waals surface area (Å²) in [6.07, 6.45) is 0.639.